The van der Waals surface area contributed by atoms with E-state index >= 15 is 0 Å². The number of hydrogen-bond acceptors (Lipinski definition) is 14. The van der Waals surface area contributed by atoms with E-state index in [1.165, 1.54) is 33.4 Å². The number of aromatic nitrogens is 3. The van der Waals surface area contributed by atoms with Crippen molar-refractivity contribution in [2.45, 2.75) is 110 Å². The number of nitrogens with zero attached hydrogens (tertiary/aromatic N) is 7. The Hall–Kier alpha value is -5.44. The molecule has 4 aromatic carbocycles. The lowest BCUT2D eigenvalue weighted by molar-refractivity contribution is -0.130. The maximum Gasteiger partial charge on any atom is 0.243 e. The van der Waals surface area contributed by atoms with Gasteiger partial charge in [-0.2, -0.15) is 4.31 Å². The number of aryl methyl sites for hydroxylation is 1. The van der Waals surface area contributed by atoms with Crippen LogP contribution >= 0.6 is 57.2 Å². The van der Waals surface area contributed by atoms with E-state index < -0.39 is 10.0 Å². The second-order valence-corrected chi connectivity index (χ2v) is 25.5. The Morgan fingerprint density at radius 2 is 0.987 bits per heavy atom. The monoisotopic (exact) mass is 1170 g/mol. The molecule has 20 heteroatoms. The molecule has 4 aliphatic heterocycles. The number of thiazole rings is 3. The van der Waals surface area contributed by atoms with Gasteiger partial charge in [0.05, 0.1) is 81.1 Å². The van der Waals surface area contributed by atoms with Crippen molar-refractivity contribution in [2.75, 3.05) is 44.7 Å². The van der Waals surface area contributed by atoms with E-state index in [9.17, 15) is 18.0 Å². The van der Waals surface area contributed by atoms with Gasteiger partial charge in [-0.1, -0.05) is 17.7 Å². The highest BCUT2D eigenvalue weighted by atomic mass is 35.5. The van der Waals surface area contributed by atoms with Gasteiger partial charge in [-0.15, -0.1) is 57.2 Å². The quantitative estimate of drug-likeness (QED) is 0.0597. The van der Waals surface area contributed by atoms with Crippen LogP contribution in [0.25, 0.3) is 31.7 Å². The van der Waals surface area contributed by atoms with E-state index in [4.69, 9.17) is 47.4 Å². The summed E-state index contributed by atoms with van der Waals surface area (Å²) >= 11 is 16.2. The summed E-state index contributed by atoms with van der Waals surface area (Å²) in [6.07, 6.45) is 5.38. The normalized spacial score (nSPS) is 15.7. The van der Waals surface area contributed by atoms with Crippen LogP contribution in [0.5, 0.6) is 17.2 Å². The number of benzene rings is 4. The summed E-state index contributed by atoms with van der Waals surface area (Å²) in [5.41, 5.74) is 7.14. The Morgan fingerprint density at radius 3 is 1.36 bits per heavy atom. The molecule has 0 aliphatic carbocycles. The van der Waals surface area contributed by atoms with Gasteiger partial charge in [0.15, 0.2) is 0 Å². The van der Waals surface area contributed by atoms with Gasteiger partial charge in [0, 0.05) is 69.5 Å². The summed E-state index contributed by atoms with van der Waals surface area (Å²) in [6.45, 7) is 15.1. The topological polar surface area (TPSA) is 148 Å². The molecule has 3 aromatic heterocycles. The van der Waals surface area contributed by atoms with Gasteiger partial charge in [0.1, 0.15) is 32.3 Å². The van der Waals surface area contributed by atoms with Gasteiger partial charge in [-0.25, -0.2) is 23.4 Å². The minimum atomic E-state index is -3.51. The van der Waals surface area contributed by atoms with Crippen molar-refractivity contribution in [3.05, 3.63) is 134 Å². The first-order valence-electron chi connectivity index (χ1n) is 26.3. The molecule has 0 bridgehead atoms. The molecular formula is C58H65Cl2N7O7S4. The minimum Gasteiger partial charge on any atom is -0.494 e. The third-order valence-corrected chi connectivity index (χ3v) is 19.6. The Labute approximate surface area is 480 Å². The van der Waals surface area contributed by atoms with Crippen LogP contribution in [0, 0.1) is 6.92 Å². The molecule has 412 valence electrons. The molecule has 1 saturated heterocycles. The molecular weight excluding hydrogens is 1110 g/mol. The number of rotatable bonds is 18. The second-order valence-electron chi connectivity index (χ2n) is 19.6. The number of sulfonamides is 1. The predicted molar refractivity (Wildman–Crippen MR) is 312 cm³/mol. The van der Waals surface area contributed by atoms with Crippen LogP contribution in [0.15, 0.2) is 102 Å². The first-order valence-corrected chi connectivity index (χ1v) is 31.3. The molecule has 14 nitrogen and oxygen atoms in total. The maximum absolute atomic E-state index is 12.9. The lowest BCUT2D eigenvalue weighted by Crippen LogP contribution is -2.28. The molecule has 0 radical (unpaired) electrons. The van der Waals surface area contributed by atoms with Gasteiger partial charge in [0.25, 0.3) is 0 Å². The van der Waals surface area contributed by atoms with E-state index in [0.717, 1.165) is 115 Å². The number of carbonyl (C=O) groups excluding carboxylic acids is 2. The number of ether oxygens (including phenoxy) is 3. The first-order chi connectivity index (χ1) is 37.7. The van der Waals surface area contributed by atoms with Gasteiger partial charge < -0.3 is 28.9 Å². The summed E-state index contributed by atoms with van der Waals surface area (Å²) in [6, 6.07) is 31.6. The number of hydrogen-bond donors (Lipinski definition) is 0. The van der Waals surface area contributed by atoms with Gasteiger partial charge >= 0.3 is 0 Å². The zero-order valence-corrected chi connectivity index (χ0v) is 49.2. The molecule has 1 unspecified atom stereocenters. The highest BCUT2D eigenvalue weighted by Crippen LogP contribution is 2.38. The third kappa shape index (κ3) is 14.5. The predicted octanol–water partition coefficient (Wildman–Crippen LogP) is 12.4. The number of alkyl halides is 2. The van der Waals surface area contributed by atoms with E-state index in [1.807, 2.05) is 89.5 Å². The molecule has 78 heavy (non-hydrogen) atoms. The molecule has 7 heterocycles. The third-order valence-electron chi connectivity index (χ3n) is 13.8. The Balaban J connectivity index is 0.000000144. The fourth-order valence-electron chi connectivity index (χ4n) is 9.29. The summed E-state index contributed by atoms with van der Waals surface area (Å²) in [5, 5.41) is 2.92. The maximum atomic E-state index is 12.9. The van der Waals surface area contributed by atoms with E-state index in [1.54, 1.807) is 60.0 Å². The molecule has 11 rings (SSSR count). The number of carbonyl (C=O) groups is 2. The molecule has 0 N–H and O–H groups in total. The lowest BCUT2D eigenvalue weighted by atomic mass is 10.2. The van der Waals surface area contributed by atoms with Crippen molar-refractivity contribution < 1.29 is 32.2 Å². The van der Waals surface area contributed by atoms with Crippen molar-refractivity contribution in [1.82, 2.24) is 34.0 Å². The number of likely N-dealkylation sites (tertiary alicyclic amines) is 1. The molecule has 0 saturated carbocycles. The van der Waals surface area contributed by atoms with Crippen molar-refractivity contribution in [3.8, 4) is 49.0 Å². The highest BCUT2D eigenvalue weighted by molar-refractivity contribution is 7.89. The van der Waals surface area contributed by atoms with Crippen LogP contribution in [0.4, 0.5) is 0 Å². The second kappa shape index (κ2) is 26.7. The molecule has 1 atom stereocenters. The summed E-state index contributed by atoms with van der Waals surface area (Å²) in [7, 11) is -3.51. The zero-order valence-electron chi connectivity index (χ0n) is 44.4. The highest BCUT2D eigenvalue weighted by Gasteiger charge is 2.34. The molecule has 2 amide bonds. The number of amides is 2. The largest absolute Gasteiger partial charge is 0.494 e. The van der Waals surface area contributed by atoms with Gasteiger partial charge in [0.2, 0.25) is 21.8 Å². The van der Waals surface area contributed by atoms with E-state index in [2.05, 4.69) is 28.9 Å². The van der Waals surface area contributed by atoms with Crippen LogP contribution in [-0.4, -0.2) is 105 Å². The lowest BCUT2D eigenvalue weighted by Gasteiger charge is -2.20. The van der Waals surface area contributed by atoms with Gasteiger partial charge in [-0.3, -0.25) is 9.59 Å². The fraction of sp³-hybridized carbons (Fsp3) is 0.397. The number of fused-ring (bicyclic) bond motifs is 3. The smallest absolute Gasteiger partial charge is 0.243 e. The molecule has 0 spiro atoms. The Kier molecular flexibility index (Phi) is 19.6. The number of halogens is 2. The average Bonchev–Trinajstić information content (AvgIpc) is 4.34. The molecule has 7 aromatic rings. The average molecular weight is 1170 g/mol. The minimum absolute atomic E-state index is 0.102. The Morgan fingerprint density at radius 1 is 0.577 bits per heavy atom. The standard InChI is InChI=1S/C21H21ClN2O3S2.C21H27N3O2S.C16H17ClN2O2S/c1-15-3-9-18(10-4-15)29(25,26)24-13-19-20(14-24)28-21(23-19)16-5-7-17(8-6-16)27-12-2-11-22;1-15-5-3-10-23(15)11-4-12-26-18-8-6-17(7-9-18)21-22-19-13-24(16(2)25)14-20(19)27-21;1-11(20)19-9-14-15(10-19)22-16(18-14)12-3-5-13(6-4-12)21-8-2-7-17/h3-10H,2,11-14H2,1H3;6-9,15H,3-5,10-14H2,1-2H3;3-6H,2,7-10H2,1H3. The fourth-order valence-corrected chi connectivity index (χ4v) is 14.2. The summed E-state index contributed by atoms with van der Waals surface area (Å²) < 4.78 is 44.4. The zero-order chi connectivity index (χ0) is 54.8. The van der Waals surface area contributed by atoms with Crippen molar-refractivity contribution in [1.29, 1.82) is 0 Å². The van der Waals surface area contributed by atoms with Crippen molar-refractivity contribution in [3.63, 3.8) is 0 Å². The SMILES string of the molecule is CC(=O)N1Cc2nc(-c3ccc(OCCCCl)cc3)sc2C1.CC(=O)N1Cc2nc(-c3ccc(OCCCN4CCCC4C)cc3)sc2C1.Cc1ccc(S(=O)(=O)N2Cc3nc(-c4ccc(OCCCCl)cc4)sc3C2)cc1. The van der Waals surface area contributed by atoms with Crippen LogP contribution < -0.4 is 14.2 Å². The first kappa shape index (κ1) is 57.3. The summed E-state index contributed by atoms with van der Waals surface area (Å²) in [5.74, 6) is 3.98. The Bertz CT molecular complexity index is 3170. The summed E-state index contributed by atoms with van der Waals surface area (Å²) in [4.78, 5) is 46.9. The van der Waals surface area contributed by atoms with Crippen LogP contribution in [0.3, 0.4) is 0 Å². The molecule has 1 fully saturated rings. The van der Waals surface area contributed by atoms with E-state index in [0.29, 0.717) is 69.1 Å². The van der Waals surface area contributed by atoms with Crippen LogP contribution in [0.2, 0.25) is 0 Å². The molecule has 4 aliphatic rings. The van der Waals surface area contributed by atoms with Gasteiger partial charge in [-0.05, 0) is 137 Å². The van der Waals surface area contributed by atoms with Crippen LogP contribution in [-0.2, 0) is 58.9 Å². The van der Waals surface area contributed by atoms with Crippen LogP contribution in [0.1, 0.15) is 90.2 Å². The van der Waals surface area contributed by atoms with Crippen molar-refractivity contribution in [2.24, 2.45) is 0 Å². The van der Waals surface area contributed by atoms with E-state index in [-0.39, 0.29) is 11.8 Å². The van der Waals surface area contributed by atoms with Crippen molar-refractivity contribution >= 4 is 79.0 Å².